The summed E-state index contributed by atoms with van der Waals surface area (Å²) in [5, 5.41) is 41.5. The number of rotatable bonds is 4. The maximum Gasteiger partial charge on any atom is -0.000717 e. The standard InChI is InChI=1S/C102H78/c1-99(2,3)61-47-59(48-62(53-61)100(4,5)6)87-69-29-15-16-30-70(69)88(60-49-63(101(7,8)9)54-64(50-60)102(10,11)12)96-80-44-46-82-94-81(45-43-79(93(80)94)95(87)96)97-91(77-41-39-75-67-33-19-27-55-25-17-31-65(85(55)67)71-35-21-37-73(77)89(71)75)83-51-57-23-13-14-24-58(57)52-84(83)92(98(82)97)78-42-40-76-68-34-20-28-56-26-18-32-66(86(56)68)72-36-22-38-74(78)90(72)76/h13-54H,1-12H3. The van der Waals surface area contributed by atoms with Crippen molar-refractivity contribution in [2.24, 2.45) is 0 Å². The van der Waals surface area contributed by atoms with Crippen LogP contribution >= 0.6 is 0 Å². The largest absolute Gasteiger partial charge is 0.0616 e. The first-order chi connectivity index (χ1) is 49.2. The predicted molar refractivity (Wildman–Crippen MR) is 439 cm³/mol. The summed E-state index contributed by atoms with van der Waals surface area (Å²) in [4.78, 5) is 0. The highest BCUT2D eigenvalue weighted by molar-refractivity contribution is 6.36. The molecule has 0 amide bonds. The number of fused-ring (bicyclic) bond motifs is 9. The molecule has 0 aliphatic heterocycles. The molecule has 19 aromatic carbocycles. The molecule has 486 valence electrons. The number of hydrogen-bond acceptors (Lipinski definition) is 0. The molecule has 0 fully saturated rings. The molecule has 0 spiro atoms. The summed E-state index contributed by atoms with van der Waals surface area (Å²) in [5.74, 6) is 0. The smallest absolute Gasteiger partial charge is 0.000717 e. The highest BCUT2D eigenvalue weighted by Gasteiger charge is 2.31. The van der Waals surface area contributed by atoms with Gasteiger partial charge in [0.1, 0.15) is 0 Å². The lowest BCUT2D eigenvalue weighted by Crippen LogP contribution is -2.17. The highest BCUT2D eigenvalue weighted by Crippen LogP contribution is 2.53. The predicted octanol–water partition coefficient (Wildman–Crippen LogP) is 28.0. The number of benzene rings is 19. The molecule has 0 saturated heterocycles. The van der Waals surface area contributed by atoms with E-state index in [1.807, 2.05) is 0 Å². The van der Waals surface area contributed by atoms with Crippen LogP contribution in [0.1, 0.15) is 105 Å². The topological polar surface area (TPSA) is 0 Å². The fourth-order valence-electron chi connectivity index (χ4n) is 19.2. The van der Waals surface area contributed by atoms with Gasteiger partial charge in [-0.05, 0) is 272 Å². The lowest BCUT2D eigenvalue weighted by Gasteiger charge is -2.28. The maximum absolute atomic E-state index is 2.58. The molecule has 21 rings (SSSR count). The van der Waals surface area contributed by atoms with Crippen LogP contribution in [-0.2, 0) is 21.7 Å². The molecule has 0 radical (unpaired) electrons. The highest BCUT2D eigenvalue weighted by atomic mass is 14.3. The van der Waals surface area contributed by atoms with Crippen molar-refractivity contribution in [3.05, 3.63) is 319 Å². The fraction of sp³-hybridized carbons (Fsp3) is 0.157. The Morgan fingerprint density at radius 2 is 0.441 bits per heavy atom. The summed E-state index contributed by atoms with van der Waals surface area (Å²) in [5.41, 5.74) is 15.3. The van der Waals surface area contributed by atoms with Gasteiger partial charge >= 0.3 is 0 Å². The summed E-state index contributed by atoms with van der Waals surface area (Å²) in [6.07, 6.45) is 0. The normalized spacial score (nSPS) is 13.3. The molecule has 0 N–H and O–H groups in total. The SMILES string of the molecule is CC(C)(C)c1cc(-c2c3c(c(-c4cc(C(C)(C)C)cc(C(C)(C)C)c4)c4ccccc24)=c2ccc4c5c(ccc=3c25)=c2c(-c3ccc5c6cccc7cccc(c8cccc3c85)c76)c3cc5ccccc5cc3c(-c3ccc5c6cccc7cccc(c8cccc3c85)c76)c2=4)cc(C(C)(C)C)c1. The van der Waals surface area contributed by atoms with Crippen LogP contribution in [0.25, 0.3) is 174 Å². The third-order valence-electron chi connectivity index (χ3n) is 24.1. The summed E-state index contributed by atoms with van der Waals surface area (Å²) in [6, 6.07) is 101. The van der Waals surface area contributed by atoms with E-state index >= 15 is 0 Å². The van der Waals surface area contributed by atoms with Gasteiger partial charge in [-0.15, -0.1) is 0 Å². The minimum absolute atomic E-state index is 0.0980. The number of hydrogen-bond donors (Lipinski definition) is 0. The van der Waals surface area contributed by atoms with Crippen LogP contribution in [0, 0.1) is 41.7 Å². The minimum Gasteiger partial charge on any atom is -0.0616 e. The molecule has 2 aliphatic carbocycles. The average molecular weight is 1300 g/mol. The van der Waals surface area contributed by atoms with Gasteiger partial charge in [-0.25, -0.2) is 0 Å². The molecule has 0 unspecified atom stereocenters. The van der Waals surface area contributed by atoms with Crippen molar-refractivity contribution in [2.45, 2.75) is 105 Å². The van der Waals surface area contributed by atoms with E-state index in [4.69, 9.17) is 0 Å². The molecule has 0 heteroatoms. The van der Waals surface area contributed by atoms with Crippen LogP contribution in [0.3, 0.4) is 0 Å². The summed E-state index contributed by atoms with van der Waals surface area (Å²) in [7, 11) is 0. The molecule has 0 heterocycles. The molecule has 0 atom stereocenters. The van der Waals surface area contributed by atoms with E-state index in [2.05, 4.69) is 338 Å². The second kappa shape index (κ2) is 20.3. The lowest BCUT2D eigenvalue weighted by atomic mass is 9.77. The first-order valence-corrected chi connectivity index (χ1v) is 36.9. The Morgan fingerprint density at radius 1 is 0.176 bits per heavy atom. The summed E-state index contributed by atoms with van der Waals surface area (Å²) < 4.78 is 0. The third kappa shape index (κ3) is 8.10. The summed E-state index contributed by atoms with van der Waals surface area (Å²) in [6.45, 7) is 28.6. The van der Waals surface area contributed by atoms with Crippen molar-refractivity contribution in [1.29, 1.82) is 0 Å². The van der Waals surface area contributed by atoms with Crippen molar-refractivity contribution >= 4 is 129 Å². The molecule has 0 aromatic heterocycles. The second-order valence-electron chi connectivity index (χ2n) is 34.2. The van der Waals surface area contributed by atoms with Gasteiger partial charge in [-0.3, -0.25) is 0 Å². The molecule has 0 nitrogen and oxygen atoms in total. The van der Waals surface area contributed by atoms with Gasteiger partial charge in [-0.1, -0.05) is 326 Å². The van der Waals surface area contributed by atoms with Gasteiger partial charge in [0, 0.05) is 0 Å². The monoisotopic (exact) mass is 1300 g/mol. The Bertz CT molecular complexity index is 6890. The summed E-state index contributed by atoms with van der Waals surface area (Å²) >= 11 is 0. The van der Waals surface area contributed by atoms with Gasteiger partial charge < -0.3 is 0 Å². The van der Waals surface area contributed by atoms with E-state index in [1.54, 1.807) is 0 Å². The Morgan fingerprint density at radius 3 is 0.775 bits per heavy atom. The van der Waals surface area contributed by atoms with Crippen molar-refractivity contribution < 1.29 is 0 Å². The Kier molecular flexibility index (Phi) is 11.9. The van der Waals surface area contributed by atoms with Crippen LogP contribution in [0.4, 0.5) is 0 Å². The van der Waals surface area contributed by atoms with Gasteiger partial charge in [0.25, 0.3) is 0 Å². The zero-order valence-electron chi connectivity index (χ0n) is 60.2. The van der Waals surface area contributed by atoms with Gasteiger partial charge in [0.2, 0.25) is 0 Å². The Balaban J connectivity index is 1.03. The van der Waals surface area contributed by atoms with Crippen LogP contribution in [0.15, 0.2) is 255 Å². The molecular weight excluding hydrogens is 1230 g/mol. The van der Waals surface area contributed by atoms with Crippen molar-refractivity contribution in [3.63, 3.8) is 0 Å². The van der Waals surface area contributed by atoms with Gasteiger partial charge in [-0.2, -0.15) is 0 Å². The third-order valence-corrected chi connectivity index (χ3v) is 24.1. The molecule has 2 aliphatic rings. The van der Waals surface area contributed by atoms with Crippen molar-refractivity contribution in [3.8, 4) is 44.5 Å². The second-order valence-corrected chi connectivity index (χ2v) is 34.2. The first-order valence-electron chi connectivity index (χ1n) is 36.9. The van der Waals surface area contributed by atoms with E-state index in [-0.39, 0.29) is 21.7 Å². The quantitative estimate of drug-likeness (QED) is 0.122. The molecule has 102 heavy (non-hydrogen) atoms. The van der Waals surface area contributed by atoms with E-state index in [0.29, 0.717) is 0 Å². The Labute approximate surface area is 593 Å². The zero-order valence-corrected chi connectivity index (χ0v) is 60.2. The van der Waals surface area contributed by atoms with Crippen LogP contribution in [-0.4, -0.2) is 0 Å². The zero-order chi connectivity index (χ0) is 69.1. The molecular formula is C102H78. The van der Waals surface area contributed by atoms with E-state index < -0.39 is 0 Å². The lowest BCUT2D eigenvalue weighted by molar-refractivity contribution is 0.568. The average Bonchev–Trinajstić information content (AvgIpc) is 1.63. The van der Waals surface area contributed by atoms with Gasteiger partial charge in [0.05, 0.1) is 0 Å². The van der Waals surface area contributed by atoms with Crippen molar-refractivity contribution in [2.75, 3.05) is 0 Å². The van der Waals surface area contributed by atoms with E-state index in [1.165, 1.54) is 238 Å². The Hall–Kier alpha value is -11.2. The van der Waals surface area contributed by atoms with Gasteiger partial charge in [0.15, 0.2) is 0 Å². The molecule has 0 saturated carbocycles. The van der Waals surface area contributed by atoms with E-state index in [0.717, 1.165) is 0 Å². The fourth-order valence-corrected chi connectivity index (χ4v) is 19.2. The minimum atomic E-state index is -0.0980. The van der Waals surface area contributed by atoms with Crippen LogP contribution in [0.2, 0.25) is 0 Å². The maximum atomic E-state index is 2.58. The van der Waals surface area contributed by atoms with Crippen molar-refractivity contribution in [1.82, 2.24) is 0 Å². The van der Waals surface area contributed by atoms with Crippen LogP contribution in [0.5, 0.6) is 0 Å². The first kappa shape index (κ1) is 59.7. The molecule has 19 aromatic rings. The van der Waals surface area contributed by atoms with Crippen LogP contribution < -0.4 is 0 Å². The van der Waals surface area contributed by atoms with E-state index in [9.17, 15) is 0 Å². The molecule has 0 bridgehead atoms.